The summed E-state index contributed by atoms with van der Waals surface area (Å²) >= 11 is 6.01. The summed E-state index contributed by atoms with van der Waals surface area (Å²) < 4.78 is 2.11. The largest absolute Gasteiger partial charge is 0.333 e. The summed E-state index contributed by atoms with van der Waals surface area (Å²) in [5, 5.41) is 0.655. The highest BCUT2D eigenvalue weighted by Crippen LogP contribution is 2.48. The number of hydrogen-bond donors (Lipinski definition) is 1. The van der Waals surface area contributed by atoms with E-state index in [1.54, 1.807) is 0 Å². The van der Waals surface area contributed by atoms with Gasteiger partial charge in [0, 0.05) is 12.5 Å². The third-order valence-corrected chi connectivity index (χ3v) is 3.04. The van der Waals surface area contributed by atoms with Gasteiger partial charge in [0.25, 0.3) is 0 Å². The van der Waals surface area contributed by atoms with Gasteiger partial charge in [0.1, 0.15) is 0 Å². The van der Waals surface area contributed by atoms with E-state index in [-0.39, 0.29) is 0 Å². The predicted octanol–water partition coefficient (Wildman–Crippen LogP) is 1.62. The zero-order valence-electron chi connectivity index (χ0n) is 7.70. The molecule has 1 heterocycles. The topological polar surface area (TPSA) is 43.8 Å². The molecule has 4 heteroatoms. The first-order valence-electron chi connectivity index (χ1n) is 4.68. The quantitative estimate of drug-likeness (QED) is 0.804. The van der Waals surface area contributed by atoms with E-state index in [2.05, 4.69) is 16.5 Å². The van der Waals surface area contributed by atoms with E-state index in [9.17, 15) is 0 Å². The molecule has 1 aliphatic carbocycles. The minimum absolute atomic E-state index is 0.556. The maximum absolute atomic E-state index is 6.01. The maximum atomic E-state index is 6.01. The van der Waals surface area contributed by atoms with Gasteiger partial charge in [-0.05, 0) is 25.8 Å². The van der Waals surface area contributed by atoms with Crippen LogP contribution in [0.15, 0.2) is 6.33 Å². The van der Waals surface area contributed by atoms with Crippen LogP contribution in [0.3, 0.4) is 0 Å². The molecule has 2 rings (SSSR count). The zero-order valence-corrected chi connectivity index (χ0v) is 8.46. The van der Waals surface area contributed by atoms with Gasteiger partial charge in [-0.2, -0.15) is 0 Å². The third kappa shape index (κ3) is 1.46. The summed E-state index contributed by atoms with van der Waals surface area (Å²) in [6, 6.07) is 0. The van der Waals surface area contributed by atoms with Crippen LogP contribution in [0, 0.1) is 5.92 Å². The molecule has 0 bridgehead atoms. The molecule has 2 N–H and O–H groups in total. The lowest BCUT2D eigenvalue weighted by atomic mass is 10.2. The van der Waals surface area contributed by atoms with E-state index >= 15 is 0 Å². The fourth-order valence-corrected chi connectivity index (χ4v) is 2.12. The smallest absolute Gasteiger partial charge is 0.150 e. The molecule has 0 aliphatic heterocycles. The van der Waals surface area contributed by atoms with Crippen LogP contribution in [0.25, 0.3) is 0 Å². The summed E-state index contributed by atoms with van der Waals surface area (Å²) in [5.41, 5.74) is 6.78. The number of nitrogens with two attached hydrogens (primary N) is 1. The number of imidazole rings is 1. The van der Waals surface area contributed by atoms with Gasteiger partial charge < -0.3 is 10.3 Å². The van der Waals surface area contributed by atoms with Crippen LogP contribution in [-0.2, 0) is 6.54 Å². The summed E-state index contributed by atoms with van der Waals surface area (Å²) in [6.45, 7) is 3.79. The van der Waals surface area contributed by atoms with E-state index in [4.69, 9.17) is 17.3 Å². The summed E-state index contributed by atoms with van der Waals surface area (Å²) in [6.07, 6.45) is 2.98. The van der Waals surface area contributed by atoms with Crippen molar-refractivity contribution >= 4 is 11.6 Å². The Morgan fingerprint density at radius 3 is 3.08 bits per heavy atom. The van der Waals surface area contributed by atoms with E-state index < -0.39 is 0 Å². The molecule has 1 aliphatic rings. The number of aryl methyl sites for hydroxylation is 1. The molecule has 0 unspecified atom stereocenters. The fourth-order valence-electron chi connectivity index (χ4n) is 1.83. The average Bonchev–Trinajstić information content (AvgIpc) is 2.82. The summed E-state index contributed by atoms with van der Waals surface area (Å²) in [4.78, 5) is 4.10. The van der Waals surface area contributed by atoms with Gasteiger partial charge in [-0.15, -0.1) is 0 Å². The van der Waals surface area contributed by atoms with Crippen LogP contribution < -0.4 is 5.73 Å². The van der Waals surface area contributed by atoms with Gasteiger partial charge >= 0.3 is 0 Å². The second-order valence-corrected chi connectivity index (χ2v) is 3.90. The molecule has 1 aromatic heterocycles. The van der Waals surface area contributed by atoms with Gasteiger partial charge in [-0.3, -0.25) is 0 Å². The number of halogens is 1. The highest BCUT2D eigenvalue weighted by atomic mass is 35.5. The van der Waals surface area contributed by atoms with Crippen LogP contribution in [0.1, 0.15) is 25.0 Å². The van der Waals surface area contributed by atoms with Gasteiger partial charge in [-0.1, -0.05) is 11.6 Å². The summed E-state index contributed by atoms with van der Waals surface area (Å²) in [7, 11) is 0. The van der Waals surface area contributed by atoms with Gasteiger partial charge in [0.2, 0.25) is 0 Å². The van der Waals surface area contributed by atoms with Crippen LogP contribution in [0.4, 0.5) is 0 Å². The first-order chi connectivity index (χ1) is 6.27. The monoisotopic (exact) mass is 199 g/mol. The minimum atomic E-state index is 0.556. The Morgan fingerprint density at radius 2 is 2.54 bits per heavy atom. The fraction of sp³-hybridized carbons (Fsp3) is 0.667. The highest BCUT2D eigenvalue weighted by Gasteiger charge is 2.40. The van der Waals surface area contributed by atoms with Crippen molar-refractivity contribution in [2.75, 3.05) is 6.54 Å². The second kappa shape index (κ2) is 3.31. The lowest BCUT2D eigenvalue weighted by Crippen LogP contribution is -2.04. The van der Waals surface area contributed by atoms with Crippen LogP contribution in [-0.4, -0.2) is 16.1 Å². The van der Waals surface area contributed by atoms with E-state index in [1.165, 1.54) is 12.1 Å². The zero-order chi connectivity index (χ0) is 9.42. The third-order valence-electron chi connectivity index (χ3n) is 2.75. The van der Waals surface area contributed by atoms with Gasteiger partial charge in [0.05, 0.1) is 12.0 Å². The normalized spacial score (nSPS) is 26.4. The molecule has 13 heavy (non-hydrogen) atoms. The highest BCUT2D eigenvalue weighted by molar-refractivity contribution is 6.30. The first-order valence-corrected chi connectivity index (χ1v) is 5.06. The minimum Gasteiger partial charge on any atom is -0.333 e. The van der Waals surface area contributed by atoms with Gasteiger partial charge in [-0.25, -0.2) is 4.98 Å². The molecule has 0 spiro atoms. The Kier molecular flexibility index (Phi) is 2.30. The molecular formula is C9H14ClN3. The summed E-state index contributed by atoms with van der Waals surface area (Å²) in [5.74, 6) is 1.18. The number of nitrogens with zero attached hydrogens (tertiary/aromatic N) is 2. The van der Waals surface area contributed by atoms with Crippen molar-refractivity contribution < 1.29 is 0 Å². The van der Waals surface area contributed by atoms with E-state index in [0.717, 1.165) is 13.1 Å². The number of aromatic nitrogens is 2. The Balaban J connectivity index is 2.24. The van der Waals surface area contributed by atoms with Crippen LogP contribution >= 0.6 is 11.6 Å². The molecule has 0 amide bonds. The second-order valence-electron chi connectivity index (χ2n) is 3.54. The van der Waals surface area contributed by atoms with Crippen molar-refractivity contribution in [3.8, 4) is 0 Å². The molecule has 0 aromatic carbocycles. The Morgan fingerprint density at radius 1 is 1.77 bits per heavy atom. The Hall–Kier alpha value is -0.540. The SMILES string of the molecule is CCn1cnc(Cl)c1[C@@H]1C[C@H]1CN. The van der Waals surface area contributed by atoms with Crippen molar-refractivity contribution in [3.05, 3.63) is 17.2 Å². The molecule has 0 saturated heterocycles. The first kappa shape index (κ1) is 9.03. The molecule has 0 radical (unpaired) electrons. The van der Waals surface area contributed by atoms with E-state index in [1.807, 2.05) is 6.33 Å². The number of hydrogen-bond acceptors (Lipinski definition) is 2. The molecule has 1 saturated carbocycles. The predicted molar refractivity (Wildman–Crippen MR) is 52.8 cm³/mol. The molecule has 72 valence electrons. The van der Waals surface area contributed by atoms with Crippen molar-refractivity contribution in [2.24, 2.45) is 11.7 Å². The standard InChI is InChI=1S/C9H14ClN3/c1-2-13-5-12-9(10)8(13)7-3-6(7)4-11/h5-7H,2-4,11H2,1H3/t6-,7+/m0/s1. The molecule has 3 nitrogen and oxygen atoms in total. The maximum Gasteiger partial charge on any atom is 0.150 e. The van der Waals surface area contributed by atoms with Crippen LogP contribution in [0.2, 0.25) is 5.15 Å². The van der Waals surface area contributed by atoms with Crippen LogP contribution in [0.5, 0.6) is 0 Å². The van der Waals surface area contributed by atoms with Crippen molar-refractivity contribution in [1.82, 2.24) is 9.55 Å². The Labute approximate surface area is 82.9 Å². The number of rotatable bonds is 3. The lowest BCUT2D eigenvalue weighted by Gasteiger charge is -2.04. The van der Waals surface area contributed by atoms with Crippen molar-refractivity contribution in [2.45, 2.75) is 25.8 Å². The molecule has 1 aromatic rings. The average molecular weight is 200 g/mol. The molecular weight excluding hydrogens is 186 g/mol. The van der Waals surface area contributed by atoms with Gasteiger partial charge in [0.15, 0.2) is 5.15 Å². The van der Waals surface area contributed by atoms with Crippen molar-refractivity contribution in [1.29, 1.82) is 0 Å². The molecule has 2 atom stereocenters. The Bertz CT molecular complexity index is 308. The van der Waals surface area contributed by atoms with Crippen molar-refractivity contribution in [3.63, 3.8) is 0 Å². The van der Waals surface area contributed by atoms with E-state index in [0.29, 0.717) is 17.0 Å². The molecule has 1 fully saturated rings. The lowest BCUT2D eigenvalue weighted by molar-refractivity contribution is 0.691.